The average Bonchev–Trinajstić information content (AvgIpc) is 2.89. The maximum atomic E-state index is 13.5. The number of ether oxygens (including phenoxy) is 1. The minimum absolute atomic E-state index is 0. The molecule has 0 aliphatic rings. The molecule has 202 valence electrons. The van der Waals surface area contributed by atoms with Gasteiger partial charge in [-0.2, -0.15) is 18.6 Å². The van der Waals surface area contributed by atoms with Crippen LogP contribution in [-0.2, 0) is 16.5 Å². The molecule has 4 aromatic rings. The Balaban J connectivity index is 0.00000441. The Labute approximate surface area is 263 Å². The molecule has 0 spiro atoms. The SMILES string of the molecule is CCOc1cccc(NC(=O)c2cc3ccccc3c(N=Nc3cc(Cl)cc(S(=O)(=O)O)c3CC)c2[O-])c1Cl.[Na+]. The van der Waals surface area contributed by atoms with E-state index in [4.69, 9.17) is 27.9 Å². The summed E-state index contributed by atoms with van der Waals surface area (Å²) >= 11 is 12.4. The van der Waals surface area contributed by atoms with Gasteiger partial charge >= 0.3 is 29.6 Å². The van der Waals surface area contributed by atoms with Crippen LogP contribution in [0.15, 0.2) is 75.8 Å². The number of benzene rings is 4. The third kappa shape index (κ3) is 6.77. The largest absolute Gasteiger partial charge is 1.00 e. The van der Waals surface area contributed by atoms with Crippen molar-refractivity contribution < 1.29 is 57.2 Å². The van der Waals surface area contributed by atoms with Gasteiger partial charge in [0.25, 0.3) is 16.0 Å². The van der Waals surface area contributed by atoms with E-state index in [0.29, 0.717) is 23.1 Å². The molecule has 0 radical (unpaired) electrons. The summed E-state index contributed by atoms with van der Waals surface area (Å²) in [6, 6.07) is 15.6. The Morgan fingerprint density at radius 1 is 1.05 bits per heavy atom. The molecule has 0 aliphatic heterocycles. The van der Waals surface area contributed by atoms with Crippen molar-refractivity contribution in [1.82, 2.24) is 0 Å². The van der Waals surface area contributed by atoms with Crippen LogP contribution in [0.1, 0.15) is 29.8 Å². The first-order chi connectivity index (χ1) is 18.5. The van der Waals surface area contributed by atoms with Crippen molar-refractivity contribution in [2.24, 2.45) is 10.2 Å². The fraction of sp³-hybridized carbons (Fsp3) is 0.148. The van der Waals surface area contributed by atoms with Gasteiger partial charge in [-0.25, -0.2) is 0 Å². The molecule has 0 saturated carbocycles. The fourth-order valence-corrected chi connectivity index (χ4v) is 5.36. The second-order valence-corrected chi connectivity index (χ2v) is 10.5. The standard InChI is InChI=1S/C27H23Cl2N3O6S.Na/c1-3-17-21(13-16(28)14-23(17)39(35,36)37)31-32-25-18-9-6-5-8-15(18)12-19(26(25)33)27(34)30-20-10-7-11-22(24(20)29)38-4-2;/h5-14,33H,3-4H2,1-2H3,(H,30,34)(H,35,36,37);/q;+1/p-1. The minimum atomic E-state index is -4.59. The number of carbonyl (C=O) groups is 1. The predicted octanol–water partition coefficient (Wildman–Crippen LogP) is 4.10. The van der Waals surface area contributed by atoms with Gasteiger partial charge in [0.05, 0.1) is 23.7 Å². The molecule has 4 rings (SSSR count). The van der Waals surface area contributed by atoms with E-state index in [-0.39, 0.29) is 74.2 Å². The second kappa shape index (κ2) is 13.3. The van der Waals surface area contributed by atoms with Crippen LogP contribution in [0.5, 0.6) is 11.5 Å². The third-order valence-corrected chi connectivity index (χ3v) is 7.30. The molecule has 13 heteroatoms. The van der Waals surface area contributed by atoms with Crippen molar-refractivity contribution in [3.63, 3.8) is 0 Å². The summed E-state index contributed by atoms with van der Waals surface area (Å²) in [5.74, 6) is -1.05. The van der Waals surface area contributed by atoms with E-state index in [9.17, 15) is 22.9 Å². The average molecular weight is 610 g/mol. The Hall–Kier alpha value is -2.70. The molecule has 0 fully saturated rings. The summed E-state index contributed by atoms with van der Waals surface area (Å²) in [4.78, 5) is 12.8. The number of rotatable bonds is 8. The predicted molar refractivity (Wildman–Crippen MR) is 149 cm³/mol. The summed E-state index contributed by atoms with van der Waals surface area (Å²) < 4.78 is 38.9. The van der Waals surface area contributed by atoms with Crippen LogP contribution >= 0.6 is 23.2 Å². The first-order valence-corrected chi connectivity index (χ1v) is 13.9. The van der Waals surface area contributed by atoms with Crippen LogP contribution in [0.4, 0.5) is 17.1 Å². The third-order valence-electron chi connectivity index (χ3n) is 5.77. The first kappa shape index (κ1) is 31.8. The van der Waals surface area contributed by atoms with Crippen molar-refractivity contribution in [3.8, 4) is 11.5 Å². The number of anilines is 1. The first-order valence-electron chi connectivity index (χ1n) is 11.7. The maximum Gasteiger partial charge on any atom is 1.00 e. The van der Waals surface area contributed by atoms with Crippen LogP contribution in [-0.4, -0.2) is 25.5 Å². The molecule has 0 saturated heterocycles. The van der Waals surface area contributed by atoms with Crippen molar-refractivity contribution in [2.45, 2.75) is 25.2 Å². The number of hydrogen-bond donors (Lipinski definition) is 2. The molecule has 0 aliphatic carbocycles. The molecule has 0 heterocycles. The summed E-state index contributed by atoms with van der Waals surface area (Å²) in [6.07, 6.45) is 0.176. The molecule has 0 aromatic heterocycles. The zero-order valence-corrected chi connectivity index (χ0v) is 26.1. The number of azo groups is 1. The Morgan fingerprint density at radius 3 is 2.45 bits per heavy atom. The summed E-state index contributed by atoms with van der Waals surface area (Å²) in [7, 11) is -4.59. The Morgan fingerprint density at radius 2 is 1.77 bits per heavy atom. The second-order valence-electron chi connectivity index (χ2n) is 8.26. The number of nitrogens with zero attached hydrogens (tertiary/aromatic N) is 2. The zero-order chi connectivity index (χ0) is 28.3. The van der Waals surface area contributed by atoms with Crippen LogP contribution in [0, 0.1) is 0 Å². The maximum absolute atomic E-state index is 13.5. The molecule has 0 bridgehead atoms. The smallest absolute Gasteiger partial charge is 0.870 e. The van der Waals surface area contributed by atoms with Gasteiger partial charge in [-0.05, 0) is 49.1 Å². The van der Waals surface area contributed by atoms with Crippen molar-refractivity contribution in [3.05, 3.63) is 81.8 Å². The van der Waals surface area contributed by atoms with Gasteiger partial charge in [0.15, 0.2) is 0 Å². The van der Waals surface area contributed by atoms with E-state index in [1.807, 2.05) is 0 Å². The van der Waals surface area contributed by atoms with Crippen LogP contribution in [0.25, 0.3) is 10.8 Å². The molecule has 1 amide bonds. The van der Waals surface area contributed by atoms with Gasteiger partial charge in [-0.3, -0.25) is 9.35 Å². The van der Waals surface area contributed by atoms with E-state index in [1.54, 1.807) is 56.3 Å². The molecule has 9 nitrogen and oxygen atoms in total. The van der Waals surface area contributed by atoms with Crippen molar-refractivity contribution >= 4 is 67.1 Å². The summed E-state index contributed by atoms with van der Waals surface area (Å²) in [6.45, 7) is 3.84. The van der Waals surface area contributed by atoms with Gasteiger partial charge in [-0.1, -0.05) is 66.2 Å². The number of amides is 1. The van der Waals surface area contributed by atoms with Crippen LogP contribution in [0.2, 0.25) is 10.0 Å². The topological polar surface area (TPSA) is 140 Å². The van der Waals surface area contributed by atoms with Gasteiger partial charge in [0.2, 0.25) is 0 Å². The number of carbonyl (C=O) groups excluding carboxylic acids is 1. The van der Waals surface area contributed by atoms with Crippen LogP contribution in [0.3, 0.4) is 0 Å². The molecule has 4 aromatic carbocycles. The minimum Gasteiger partial charge on any atom is -0.870 e. The molecule has 0 atom stereocenters. The van der Waals surface area contributed by atoms with Crippen molar-refractivity contribution in [2.75, 3.05) is 11.9 Å². The van der Waals surface area contributed by atoms with E-state index in [1.165, 1.54) is 12.1 Å². The molecule has 2 N–H and O–H groups in total. The normalized spacial score (nSPS) is 11.4. The van der Waals surface area contributed by atoms with Crippen molar-refractivity contribution in [1.29, 1.82) is 0 Å². The van der Waals surface area contributed by atoms with Gasteiger partial charge in [0, 0.05) is 21.5 Å². The number of fused-ring (bicyclic) bond motifs is 1. The van der Waals surface area contributed by atoms with Crippen LogP contribution < -0.4 is 44.7 Å². The van der Waals surface area contributed by atoms with Gasteiger partial charge < -0.3 is 15.2 Å². The Kier molecular flexibility index (Phi) is 10.6. The fourth-order valence-electron chi connectivity index (χ4n) is 4.02. The summed E-state index contributed by atoms with van der Waals surface area (Å²) in [5.41, 5.74) is 0.132. The molecular formula is C27H22Cl2N3NaO6S. The quantitative estimate of drug-likeness (QED) is 0.175. The number of hydrogen-bond acceptors (Lipinski definition) is 7. The Bertz CT molecular complexity index is 1730. The molecule has 40 heavy (non-hydrogen) atoms. The monoisotopic (exact) mass is 609 g/mol. The number of nitrogens with one attached hydrogen (secondary N) is 1. The van der Waals surface area contributed by atoms with E-state index >= 15 is 0 Å². The molecular weight excluding hydrogens is 588 g/mol. The van der Waals surface area contributed by atoms with E-state index in [0.717, 1.165) is 6.07 Å². The van der Waals surface area contributed by atoms with Gasteiger partial charge in [0.1, 0.15) is 15.7 Å². The number of halogens is 2. The molecule has 0 unspecified atom stereocenters. The summed E-state index contributed by atoms with van der Waals surface area (Å²) in [5, 5.41) is 25.6. The zero-order valence-electron chi connectivity index (χ0n) is 21.7. The van der Waals surface area contributed by atoms with E-state index in [2.05, 4.69) is 15.5 Å². The van der Waals surface area contributed by atoms with Gasteiger partial charge in [-0.15, -0.1) is 0 Å². The van der Waals surface area contributed by atoms with E-state index < -0.39 is 26.7 Å².